The van der Waals surface area contributed by atoms with E-state index < -0.39 is 0 Å². The average molecular weight is 186 g/mol. The predicted molar refractivity (Wildman–Crippen MR) is 61.4 cm³/mol. The van der Waals surface area contributed by atoms with Crippen LogP contribution in [0.15, 0.2) is 48.2 Å². The van der Waals surface area contributed by atoms with Crippen molar-refractivity contribution in [3.63, 3.8) is 0 Å². The van der Waals surface area contributed by atoms with E-state index in [0.29, 0.717) is 0 Å². The van der Waals surface area contributed by atoms with Crippen molar-refractivity contribution in [1.82, 2.24) is 4.98 Å². The van der Waals surface area contributed by atoms with E-state index in [0.717, 1.165) is 16.8 Å². The van der Waals surface area contributed by atoms with Gasteiger partial charge in [-0.25, -0.2) is 0 Å². The van der Waals surface area contributed by atoms with Crippen LogP contribution in [0.5, 0.6) is 0 Å². The fourth-order valence-electron chi connectivity index (χ4n) is 1.09. The smallest absolute Gasteiger partial charge is 0.0320 e. The molecule has 1 heterocycles. The minimum Gasteiger partial charge on any atom is -0.293 e. The molecule has 1 rings (SSSR count). The Balaban J connectivity index is 3.05. The van der Waals surface area contributed by atoms with Crippen molar-refractivity contribution in [3.8, 4) is 0 Å². The summed E-state index contributed by atoms with van der Waals surface area (Å²) in [6.45, 7) is 5.74. The Labute approximate surface area is 84.7 Å². The summed E-state index contributed by atoms with van der Waals surface area (Å²) >= 11 is 0. The molecule has 0 aliphatic heterocycles. The van der Waals surface area contributed by atoms with E-state index in [4.69, 9.17) is 0 Å². The van der Waals surface area contributed by atoms with Crippen molar-refractivity contribution in [2.24, 2.45) is 4.99 Å². The van der Waals surface area contributed by atoms with Gasteiger partial charge in [0.15, 0.2) is 0 Å². The molecule has 0 aromatic carbocycles. The number of allylic oxidation sites excluding steroid dienone is 3. The molecule has 0 bridgehead atoms. The lowest BCUT2D eigenvalue weighted by molar-refractivity contribution is 1.32. The number of nitrogens with zero attached hydrogens (tertiary/aromatic N) is 2. The molecule has 1 aromatic rings. The van der Waals surface area contributed by atoms with E-state index in [1.807, 2.05) is 31.2 Å². The number of hydrogen-bond acceptors (Lipinski definition) is 2. The van der Waals surface area contributed by atoms with Gasteiger partial charge in [0.05, 0.1) is 0 Å². The van der Waals surface area contributed by atoms with Gasteiger partial charge in [-0.15, -0.1) is 0 Å². The quantitative estimate of drug-likeness (QED) is 0.526. The van der Waals surface area contributed by atoms with Crippen LogP contribution in [0, 0.1) is 0 Å². The molecule has 1 aromatic heterocycles. The Hall–Kier alpha value is -1.70. The molecule has 0 saturated carbocycles. The van der Waals surface area contributed by atoms with Crippen molar-refractivity contribution < 1.29 is 0 Å². The Kier molecular flexibility index (Phi) is 3.80. The topological polar surface area (TPSA) is 25.2 Å². The molecule has 14 heavy (non-hydrogen) atoms. The van der Waals surface area contributed by atoms with Crippen molar-refractivity contribution in [2.75, 3.05) is 7.05 Å². The molecule has 2 heteroatoms. The zero-order valence-corrected chi connectivity index (χ0v) is 8.57. The van der Waals surface area contributed by atoms with Crippen LogP contribution in [0.1, 0.15) is 12.5 Å². The fourth-order valence-corrected chi connectivity index (χ4v) is 1.09. The lowest BCUT2D eigenvalue weighted by Gasteiger charge is -2.01. The molecule has 0 amide bonds. The first-order valence-corrected chi connectivity index (χ1v) is 4.46. The Morgan fingerprint density at radius 3 is 2.57 bits per heavy atom. The van der Waals surface area contributed by atoms with Gasteiger partial charge in [0.25, 0.3) is 0 Å². The van der Waals surface area contributed by atoms with Crippen LogP contribution in [0.3, 0.4) is 0 Å². The highest BCUT2D eigenvalue weighted by atomic mass is 14.7. The summed E-state index contributed by atoms with van der Waals surface area (Å²) < 4.78 is 0. The third kappa shape index (κ3) is 2.66. The highest BCUT2D eigenvalue weighted by molar-refractivity contribution is 6.00. The summed E-state index contributed by atoms with van der Waals surface area (Å²) in [4.78, 5) is 8.05. The summed E-state index contributed by atoms with van der Waals surface area (Å²) in [6, 6.07) is 3.91. The fraction of sp³-hybridized carbons (Fsp3) is 0.167. The summed E-state index contributed by atoms with van der Waals surface area (Å²) in [5, 5.41) is 0. The number of aromatic nitrogens is 1. The van der Waals surface area contributed by atoms with Gasteiger partial charge in [-0.3, -0.25) is 9.98 Å². The van der Waals surface area contributed by atoms with Crippen LogP contribution in [0.2, 0.25) is 0 Å². The normalized spacial score (nSPS) is 12.7. The first kappa shape index (κ1) is 10.4. The zero-order valence-electron chi connectivity index (χ0n) is 8.57. The third-order valence-electron chi connectivity index (χ3n) is 1.95. The van der Waals surface area contributed by atoms with Gasteiger partial charge >= 0.3 is 0 Å². The van der Waals surface area contributed by atoms with Gasteiger partial charge in [-0.05, 0) is 36.3 Å². The molecular formula is C12H14N2. The van der Waals surface area contributed by atoms with E-state index in [2.05, 4.69) is 16.6 Å². The SMILES string of the molecule is C=C/C(=C\C(C)=N/C)c1ccncc1. The van der Waals surface area contributed by atoms with Crippen molar-refractivity contribution in [3.05, 3.63) is 48.8 Å². The first-order valence-electron chi connectivity index (χ1n) is 4.46. The maximum Gasteiger partial charge on any atom is 0.0320 e. The van der Waals surface area contributed by atoms with Crippen molar-refractivity contribution in [2.45, 2.75) is 6.92 Å². The Morgan fingerprint density at radius 2 is 2.07 bits per heavy atom. The second-order valence-electron chi connectivity index (χ2n) is 2.90. The van der Waals surface area contributed by atoms with Crippen LogP contribution in [-0.2, 0) is 0 Å². The van der Waals surface area contributed by atoms with Gasteiger partial charge in [0.2, 0.25) is 0 Å². The van der Waals surface area contributed by atoms with Gasteiger partial charge in [-0.2, -0.15) is 0 Å². The lowest BCUT2D eigenvalue weighted by atomic mass is 10.1. The van der Waals surface area contributed by atoms with E-state index in [1.165, 1.54) is 0 Å². The van der Waals surface area contributed by atoms with E-state index in [9.17, 15) is 0 Å². The molecule has 0 aliphatic carbocycles. The molecule has 0 aliphatic rings. The third-order valence-corrected chi connectivity index (χ3v) is 1.95. The number of pyridine rings is 1. The van der Waals surface area contributed by atoms with E-state index in [-0.39, 0.29) is 0 Å². The standard InChI is InChI=1S/C12H14N2/c1-4-11(9-10(2)13-3)12-5-7-14-8-6-12/h4-9H,1H2,2-3H3/b11-9+,13-10-. The summed E-state index contributed by atoms with van der Waals surface area (Å²) in [7, 11) is 1.78. The maximum atomic E-state index is 4.08. The number of aliphatic imine (C=N–C) groups is 1. The molecule has 0 N–H and O–H groups in total. The van der Waals surface area contributed by atoms with Crippen molar-refractivity contribution in [1.29, 1.82) is 0 Å². The molecule has 2 nitrogen and oxygen atoms in total. The van der Waals surface area contributed by atoms with E-state index in [1.54, 1.807) is 19.4 Å². The average Bonchev–Trinajstić information content (AvgIpc) is 2.26. The predicted octanol–water partition coefficient (Wildman–Crippen LogP) is 2.74. The second kappa shape index (κ2) is 5.12. The Bertz CT molecular complexity index is 361. The number of rotatable bonds is 3. The van der Waals surface area contributed by atoms with Gasteiger partial charge in [-0.1, -0.05) is 12.7 Å². The van der Waals surface area contributed by atoms with Gasteiger partial charge in [0, 0.05) is 25.2 Å². The van der Waals surface area contributed by atoms with Crippen LogP contribution in [-0.4, -0.2) is 17.7 Å². The molecule has 0 saturated heterocycles. The maximum absolute atomic E-state index is 4.08. The molecule has 0 radical (unpaired) electrons. The molecule has 72 valence electrons. The minimum atomic E-state index is 0.983. The monoisotopic (exact) mass is 186 g/mol. The minimum absolute atomic E-state index is 0.983. The highest BCUT2D eigenvalue weighted by Crippen LogP contribution is 2.13. The summed E-state index contributed by atoms with van der Waals surface area (Å²) in [5.74, 6) is 0. The lowest BCUT2D eigenvalue weighted by Crippen LogP contribution is -1.88. The first-order chi connectivity index (χ1) is 6.77. The van der Waals surface area contributed by atoms with Crippen molar-refractivity contribution >= 4 is 11.3 Å². The van der Waals surface area contributed by atoms with Gasteiger partial charge in [0.1, 0.15) is 0 Å². The van der Waals surface area contributed by atoms with Crippen LogP contribution < -0.4 is 0 Å². The molecule has 0 unspecified atom stereocenters. The summed E-state index contributed by atoms with van der Waals surface area (Å²) in [5.41, 5.74) is 3.16. The van der Waals surface area contributed by atoms with Crippen LogP contribution >= 0.6 is 0 Å². The molecular weight excluding hydrogens is 172 g/mol. The second-order valence-corrected chi connectivity index (χ2v) is 2.90. The van der Waals surface area contributed by atoms with Gasteiger partial charge < -0.3 is 0 Å². The summed E-state index contributed by atoms with van der Waals surface area (Å²) in [6.07, 6.45) is 7.36. The molecule has 0 spiro atoms. The number of hydrogen-bond donors (Lipinski definition) is 0. The van der Waals surface area contributed by atoms with Crippen LogP contribution in [0.4, 0.5) is 0 Å². The largest absolute Gasteiger partial charge is 0.293 e. The van der Waals surface area contributed by atoms with Crippen LogP contribution in [0.25, 0.3) is 5.57 Å². The molecule has 0 fully saturated rings. The molecule has 0 atom stereocenters. The zero-order chi connectivity index (χ0) is 10.4. The Morgan fingerprint density at radius 1 is 1.43 bits per heavy atom. The van der Waals surface area contributed by atoms with E-state index >= 15 is 0 Å². The highest BCUT2D eigenvalue weighted by Gasteiger charge is 1.96.